The highest BCUT2D eigenvalue weighted by atomic mass is 16.5. The predicted octanol–water partition coefficient (Wildman–Crippen LogP) is 1.51. The zero-order valence-electron chi connectivity index (χ0n) is 8.62. The maximum atomic E-state index is 11.4. The summed E-state index contributed by atoms with van der Waals surface area (Å²) in [5.41, 5.74) is 0.928. The van der Waals surface area contributed by atoms with E-state index < -0.39 is 0 Å². The van der Waals surface area contributed by atoms with Crippen LogP contribution >= 0.6 is 0 Å². The third-order valence-corrected chi connectivity index (χ3v) is 2.18. The molecule has 0 unspecified atom stereocenters. The van der Waals surface area contributed by atoms with Gasteiger partial charge in [0.15, 0.2) is 0 Å². The molecule has 0 saturated heterocycles. The van der Waals surface area contributed by atoms with Crippen LogP contribution in [0.25, 0.3) is 0 Å². The highest BCUT2D eigenvalue weighted by Gasteiger charge is 2.02. The smallest absolute Gasteiger partial charge is 0.254 e. The SMILES string of the molecule is C=CCCc1cc(OC)cc(=O)n1C. The molecule has 0 aliphatic carbocycles. The molecule has 0 aliphatic rings. The van der Waals surface area contributed by atoms with E-state index in [4.69, 9.17) is 4.74 Å². The lowest BCUT2D eigenvalue weighted by Gasteiger charge is -2.08. The average Bonchev–Trinajstić information content (AvgIpc) is 2.20. The Morgan fingerprint density at radius 1 is 1.57 bits per heavy atom. The van der Waals surface area contributed by atoms with Crippen LogP contribution in [0.2, 0.25) is 0 Å². The number of rotatable bonds is 4. The summed E-state index contributed by atoms with van der Waals surface area (Å²) < 4.78 is 6.66. The van der Waals surface area contributed by atoms with Crippen molar-refractivity contribution in [2.75, 3.05) is 7.11 Å². The zero-order chi connectivity index (χ0) is 10.6. The van der Waals surface area contributed by atoms with E-state index in [9.17, 15) is 4.79 Å². The van der Waals surface area contributed by atoms with E-state index in [1.165, 1.54) is 6.07 Å². The molecule has 0 amide bonds. The van der Waals surface area contributed by atoms with Crippen molar-refractivity contribution in [3.8, 4) is 5.75 Å². The minimum absolute atomic E-state index is 0.0385. The maximum Gasteiger partial charge on any atom is 0.254 e. The third-order valence-electron chi connectivity index (χ3n) is 2.18. The Labute approximate surface area is 83.6 Å². The molecular formula is C11H15NO2. The molecule has 0 aromatic carbocycles. The van der Waals surface area contributed by atoms with Crippen LogP contribution < -0.4 is 10.3 Å². The van der Waals surface area contributed by atoms with Crippen LogP contribution in [0.4, 0.5) is 0 Å². The molecule has 1 heterocycles. The van der Waals surface area contributed by atoms with Gasteiger partial charge >= 0.3 is 0 Å². The number of methoxy groups -OCH3 is 1. The Bertz CT molecular complexity index is 379. The first kappa shape index (κ1) is 10.6. The quantitative estimate of drug-likeness (QED) is 0.679. The Balaban J connectivity index is 3.07. The lowest BCUT2D eigenvalue weighted by molar-refractivity contribution is 0.411. The van der Waals surface area contributed by atoms with E-state index in [1.807, 2.05) is 12.1 Å². The van der Waals surface area contributed by atoms with E-state index in [0.29, 0.717) is 5.75 Å². The Morgan fingerprint density at radius 2 is 2.29 bits per heavy atom. The van der Waals surface area contributed by atoms with Gasteiger partial charge in [-0.3, -0.25) is 4.79 Å². The van der Waals surface area contributed by atoms with Crippen LogP contribution in [0.15, 0.2) is 29.6 Å². The van der Waals surface area contributed by atoms with Crippen LogP contribution in [0.5, 0.6) is 5.75 Å². The largest absolute Gasteiger partial charge is 0.496 e. The average molecular weight is 193 g/mol. The fourth-order valence-electron chi connectivity index (χ4n) is 1.27. The lowest BCUT2D eigenvalue weighted by Crippen LogP contribution is -2.19. The van der Waals surface area contributed by atoms with Crippen molar-refractivity contribution in [3.05, 3.63) is 40.8 Å². The standard InChI is InChI=1S/C11H15NO2/c1-4-5-6-9-7-10(14-3)8-11(13)12(9)2/h4,7-8H,1,5-6H2,2-3H3. The van der Waals surface area contributed by atoms with E-state index in [0.717, 1.165) is 18.5 Å². The van der Waals surface area contributed by atoms with Gasteiger partial charge in [0.05, 0.1) is 7.11 Å². The van der Waals surface area contributed by atoms with E-state index in [1.54, 1.807) is 18.7 Å². The Hall–Kier alpha value is -1.51. The van der Waals surface area contributed by atoms with Crippen molar-refractivity contribution >= 4 is 0 Å². The Morgan fingerprint density at radius 3 is 2.86 bits per heavy atom. The fraction of sp³-hybridized carbons (Fsp3) is 0.364. The predicted molar refractivity (Wildman–Crippen MR) is 56.8 cm³/mol. The third kappa shape index (κ3) is 2.25. The first-order valence-electron chi connectivity index (χ1n) is 4.54. The molecule has 0 radical (unpaired) electrons. The fourth-order valence-corrected chi connectivity index (χ4v) is 1.27. The minimum atomic E-state index is -0.0385. The second kappa shape index (κ2) is 4.65. The van der Waals surface area contributed by atoms with Gasteiger partial charge < -0.3 is 9.30 Å². The number of hydrogen-bond donors (Lipinski definition) is 0. The number of nitrogens with zero attached hydrogens (tertiary/aromatic N) is 1. The summed E-state index contributed by atoms with van der Waals surface area (Å²) in [6.07, 6.45) is 3.51. The number of pyridine rings is 1. The molecule has 0 saturated carbocycles. The summed E-state index contributed by atoms with van der Waals surface area (Å²) in [7, 11) is 3.33. The van der Waals surface area contributed by atoms with Gasteiger partial charge in [-0.05, 0) is 18.9 Å². The summed E-state index contributed by atoms with van der Waals surface area (Å²) >= 11 is 0. The summed E-state index contributed by atoms with van der Waals surface area (Å²) in [6, 6.07) is 3.36. The van der Waals surface area contributed by atoms with Gasteiger partial charge in [-0.25, -0.2) is 0 Å². The van der Waals surface area contributed by atoms with E-state index in [2.05, 4.69) is 6.58 Å². The van der Waals surface area contributed by atoms with Crippen molar-refractivity contribution < 1.29 is 4.74 Å². The molecule has 0 atom stereocenters. The maximum absolute atomic E-state index is 11.4. The highest BCUT2D eigenvalue weighted by molar-refractivity contribution is 5.23. The topological polar surface area (TPSA) is 31.2 Å². The minimum Gasteiger partial charge on any atom is -0.496 e. The summed E-state index contributed by atoms with van der Waals surface area (Å²) in [4.78, 5) is 11.4. The Kier molecular flexibility index (Phi) is 3.51. The molecular weight excluding hydrogens is 178 g/mol. The van der Waals surface area contributed by atoms with Gasteiger partial charge in [0.25, 0.3) is 5.56 Å². The van der Waals surface area contributed by atoms with Crippen LogP contribution in [0.3, 0.4) is 0 Å². The van der Waals surface area contributed by atoms with Gasteiger partial charge in [0.2, 0.25) is 0 Å². The van der Waals surface area contributed by atoms with Crippen LogP contribution in [0, 0.1) is 0 Å². The molecule has 14 heavy (non-hydrogen) atoms. The van der Waals surface area contributed by atoms with Crippen molar-refractivity contribution in [1.29, 1.82) is 0 Å². The van der Waals surface area contributed by atoms with Gasteiger partial charge in [0, 0.05) is 18.8 Å². The molecule has 0 aliphatic heterocycles. The van der Waals surface area contributed by atoms with Crippen molar-refractivity contribution in [3.63, 3.8) is 0 Å². The van der Waals surface area contributed by atoms with Gasteiger partial charge in [0.1, 0.15) is 5.75 Å². The second-order valence-corrected chi connectivity index (χ2v) is 3.11. The number of ether oxygens (including phenoxy) is 1. The van der Waals surface area contributed by atoms with Gasteiger partial charge in [-0.2, -0.15) is 0 Å². The summed E-state index contributed by atoms with van der Waals surface area (Å²) in [5.74, 6) is 0.618. The molecule has 1 aromatic rings. The number of allylic oxidation sites excluding steroid dienone is 1. The number of hydrogen-bond acceptors (Lipinski definition) is 2. The van der Waals surface area contributed by atoms with Crippen LogP contribution in [0.1, 0.15) is 12.1 Å². The van der Waals surface area contributed by atoms with Crippen molar-refractivity contribution in [1.82, 2.24) is 4.57 Å². The normalized spacial score (nSPS) is 9.86. The molecule has 0 bridgehead atoms. The number of aromatic nitrogens is 1. The van der Waals surface area contributed by atoms with Crippen molar-refractivity contribution in [2.45, 2.75) is 12.8 Å². The molecule has 76 valence electrons. The van der Waals surface area contributed by atoms with Gasteiger partial charge in [-0.1, -0.05) is 6.08 Å². The first-order chi connectivity index (χ1) is 6.69. The number of aryl methyl sites for hydroxylation is 1. The molecule has 3 nitrogen and oxygen atoms in total. The molecule has 0 fully saturated rings. The lowest BCUT2D eigenvalue weighted by atomic mass is 10.2. The summed E-state index contributed by atoms with van der Waals surface area (Å²) in [6.45, 7) is 3.65. The van der Waals surface area contributed by atoms with Crippen molar-refractivity contribution in [2.24, 2.45) is 7.05 Å². The van der Waals surface area contributed by atoms with E-state index in [-0.39, 0.29) is 5.56 Å². The molecule has 0 N–H and O–H groups in total. The monoisotopic (exact) mass is 193 g/mol. The molecule has 3 heteroatoms. The second-order valence-electron chi connectivity index (χ2n) is 3.11. The van der Waals surface area contributed by atoms with Gasteiger partial charge in [-0.15, -0.1) is 6.58 Å². The molecule has 1 aromatic heterocycles. The molecule has 1 rings (SSSR count). The van der Waals surface area contributed by atoms with E-state index >= 15 is 0 Å². The van der Waals surface area contributed by atoms with Crippen LogP contribution in [-0.2, 0) is 13.5 Å². The van der Waals surface area contributed by atoms with Crippen LogP contribution in [-0.4, -0.2) is 11.7 Å². The summed E-state index contributed by atoms with van der Waals surface area (Å²) in [5, 5.41) is 0. The molecule has 0 spiro atoms. The highest BCUT2D eigenvalue weighted by Crippen LogP contribution is 2.10. The zero-order valence-corrected chi connectivity index (χ0v) is 8.62. The first-order valence-corrected chi connectivity index (χ1v) is 4.54.